The van der Waals surface area contributed by atoms with E-state index in [0.29, 0.717) is 11.3 Å². The number of para-hydroxylation sites is 1. The van der Waals surface area contributed by atoms with Crippen molar-refractivity contribution in [2.75, 3.05) is 7.11 Å². The number of imide groups is 1. The van der Waals surface area contributed by atoms with Gasteiger partial charge in [-0.25, -0.2) is 9.18 Å². The number of methoxy groups -OCH3 is 1. The zero-order chi connectivity index (χ0) is 21.0. The summed E-state index contributed by atoms with van der Waals surface area (Å²) in [5.41, 5.74) is 1.39. The maximum absolute atomic E-state index is 13.0. The highest BCUT2D eigenvalue weighted by Crippen LogP contribution is 2.35. The van der Waals surface area contributed by atoms with E-state index < -0.39 is 23.2 Å². The van der Waals surface area contributed by atoms with Gasteiger partial charge in [0.25, 0.3) is 11.1 Å². The minimum Gasteiger partial charge on any atom is -0.488 e. The molecule has 3 rings (SSSR count). The summed E-state index contributed by atoms with van der Waals surface area (Å²) in [4.78, 5) is 37.6. The average molecular weight is 415 g/mol. The Morgan fingerprint density at radius 1 is 1.17 bits per heavy atom. The molecule has 2 aromatic carbocycles. The number of thioether (sulfide) groups is 1. The number of halogens is 1. The minimum atomic E-state index is -1.01. The van der Waals surface area contributed by atoms with Crippen LogP contribution in [0.4, 0.5) is 9.18 Å². The van der Waals surface area contributed by atoms with Gasteiger partial charge in [-0.15, -0.1) is 0 Å². The molecule has 0 radical (unpaired) electrons. The third-order valence-corrected chi connectivity index (χ3v) is 5.15. The van der Waals surface area contributed by atoms with Crippen LogP contribution in [0.1, 0.15) is 18.1 Å². The summed E-state index contributed by atoms with van der Waals surface area (Å²) in [6.07, 6.45) is 1.55. The summed E-state index contributed by atoms with van der Waals surface area (Å²) in [7, 11) is 1.20. The minimum absolute atomic E-state index is 0.184. The quantitative estimate of drug-likeness (QED) is 0.525. The van der Waals surface area contributed by atoms with Gasteiger partial charge in [-0.1, -0.05) is 30.3 Å². The topological polar surface area (TPSA) is 72.9 Å². The number of esters is 1. The van der Waals surface area contributed by atoms with E-state index in [1.165, 1.54) is 26.2 Å². The molecule has 150 valence electrons. The van der Waals surface area contributed by atoms with Gasteiger partial charge in [0.15, 0.2) is 0 Å². The molecule has 1 heterocycles. The second kappa shape index (κ2) is 8.91. The van der Waals surface area contributed by atoms with E-state index in [1.54, 1.807) is 42.5 Å². The van der Waals surface area contributed by atoms with E-state index in [0.717, 1.165) is 22.2 Å². The summed E-state index contributed by atoms with van der Waals surface area (Å²) in [5.74, 6) is -1.06. The summed E-state index contributed by atoms with van der Waals surface area (Å²) >= 11 is 0.751. The molecule has 0 saturated carbocycles. The third-order valence-electron chi connectivity index (χ3n) is 4.27. The van der Waals surface area contributed by atoms with E-state index >= 15 is 0 Å². The Bertz CT molecular complexity index is 973. The Labute approximate surface area is 171 Å². The van der Waals surface area contributed by atoms with Crippen LogP contribution in [0.25, 0.3) is 6.08 Å². The number of amides is 2. The molecule has 1 saturated heterocycles. The Morgan fingerprint density at radius 2 is 1.86 bits per heavy atom. The van der Waals surface area contributed by atoms with Crippen molar-refractivity contribution in [1.82, 2.24) is 4.90 Å². The molecule has 0 unspecified atom stereocenters. The van der Waals surface area contributed by atoms with Gasteiger partial charge in [0.2, 0.25) is 0 Å². The van der Waals surface area contributed by atoms with E-state index in [1.807, 2.05) is 0 Å². The smallest absolute Gasteiger partial charge is 0.328 e. The fourth-order valence-corrected chi connectivity index (χ4v) is 3.60. The Hall–Kier alpha value is -3.13. The number of carbonyl (C=O) groups is 3. The van der Waals surface area contributed by atoms with Crippen molar-refractivity contribution in [2.24, 2.45) is 0 Å². The zero-order valence-corrected chi connectivity index (χ0v) is 16.6. The van der Waals surface area contributed by atoms with Crippen molar-refractivity contribution in [1.29, 1.82) is 0 Å². The van der Waals surface area contributed by atoms with Crippen LogP contribution in [0.2, 0.25) is 0 Å². The second-order valence-electron chi connectivity index (χ2n) is 6.20. The van der Waals surface area contributed by atoms with Crippen LogP contribution in [0.5, 0.6) is 5.75 Å². The van der Waals surface area contributed by atoms with E-state index in [4.69, 9.17) is 4.74 Å². The lowest BCUT2D eigenvalue weighted by Gasteiger charge is -2.18. The van der Waals surface area contributed by atoms with Crippen LogP contribution in [0.15, 0.2) is 53.4 Å². The molecule has 1 atom stereocenters. The first-order chi connectivity index (χ1) is 13.9. The fourth-order valence-electron chi connectivity index (χ4n) is 2.70. The Kier molecular flexibility index (Phi) is 6.33. The van der Waals surface area contributed by atoms with E-state index in [2.05, 4.69) is 4.74 Å². The summed E-state index contributed by atoms with van der Waals surface area (Å²) in [6, 6.07) is 12.0. The van der Waals surface area contributed by atoms with Crippen LogP contribution in [0.3, 0.4) is 0 Å². The van der Waals surface area contributed by atoms with Crippen molar-refractivity contribution >= 4 is 35.0 Å². The highest BCUT2D eigenvalue weighted by atomic mass is 32.2. The van der Waals surface area contributed by atoms with Gasteiger partial charge in [0, 0.05) is 5.56 Å². The van der Waals surface area contributed by atoms with Crippen molar-refractivity contribution in [2.45, 2.75) is 19.6 Å². The molecule has 1 fully saturated rings. The number of ether oxygens (including phenoxy) is 2. The largest absolute Gasteiger partial charge is 0.488 e. The number of nitrogens with zero attached hydrogens (tertiary/aromatic N) is 1. The first-order valence-electron chi connectivity index (χ1n) is 8.72. The molecule has 1 aliphatic heterocycles. The monoisotopic (exact) mass is 415 g/mol. The third kappa shape index (κ3) is 4.65. The van der Waals surface area contributed by atoms with Gasteiger partial charge < -0.3 is 9.47 Å². The van der Waals surface area contributed by atoms with Crippen LogP contribution in [-0.4, -0.2) is 35.2 Å². The van der Waals surface area contributed by atoms with Gasteiger partial charge in [-0.05, 0) is 48.5 Å². The number of benzene rings is 2. The van der Waals surface area contributed by atoms with E-state index in [9.17, 15) is 18.8 Å². The summed E-state index contributed by atoms with van der Waals surface area (Å²) < 4.78 is 23.5. The van der Waals surface area contributed by atoms with Gasteiger partial charge in [0.1, 0.15) is 24.2 Å². The Morgan fingerprint density at radius 3 is 2.55 bits per heavy atom. The number of hydrogen-bond acceptors (Lipinski definition) is 6. The maximum atomic E-state index is 13.0. The molecular weight excluding hydrogens is 397 g/mol. The molecule has 0 aromatic heterocycles. The molecular formula is C21H18FNO5S. The SMILES string of the molecule is COC(=O)[C@@H](C)N1C(=O)S/C(=C/c2ccccc2OCc2ccc(F)cc2)C1=O. The molecule has 29 heavy (non-hydrogen) atoms. The molecule has 0 N–H and O–H groups in total. The number of rotatable bonds is 6. The standard InChI is InChI=1S/C21H18FNO5S/c1-13(20(25)27-2)23-19(24)18(29-21(23)26)11-15-5-3-4-6-17(15)28-12-14-7-9-16(22)10-8-14/h3-11,13H,12H2,1-2H3/b18-11+/t13-/m1/s1. The first kappa shape index (κ1) is 20.6. The Balaban J connectivity index is 1.80. The molecule has 8 heteroatoms. The number of hydrogen-bond donors (Lipinski definition) is 0. The normalized spacial score (nSPS) is 16.2. The van der Waals surface area contributed by atoms with E-state index in [-0.39, 0.29) is 17.3 Å². The van der Waals surface area contributed by atoms with Crippen molar-refractivity contribution in [3.05, 3.63) is 70.4 Å². The van der Waals surface area contributed by atoms with Crippen molar-refractivity contribution < 1.29 is 28.2 Å². The van der Waals surface area contributed by atoms with Gasteiger partial charge in [-0.2, -0.15) is 0 Å². The summed E-state index contributed by atoms with van der Waals surface area (Å²) in [6.45, 7) is 1.65. The van der Waals surface area contributed by atoms with Crippen LogP contribution in [-0.2, 0) is 20.9 Å². The van der Waals surface area contributed by atoms with Crippen molar-refractivity contribution in [3.8, 4) is 5.75 Å². The molecule has 0 spiro atoms. The van der Waals surface area contributed by atoms with Crippen molar-refractivity contribution in [3.63, 3.8) is 0 Å². The van der Waals surface area contributed by atoms with Crippen LogP contribution < -0.4 is 4.74 Å². The molecule has 1 aliphatic rings. The molecule has 2 amide bonds. The van der Waals surface area contributed by atoms with Crippen LogP contribution >= 0.6 is 11.8 Å². The van der Waals surface area contributed by atoms with Gasteiger partial charge in [-0.3, -0.25) is 14.5 Å². The number of carbonyl (C=O) groups excluding carboxylic acids is 3. The average Bonchev–Trinajstić information content (AvgIpc) is 3.00. The fraction of sp³-hybridized carbons (Fsp3) is 0.190. The molecule has 0 bridgehead atoms. The van der Waals surface area contributed by atoms with Crippen LogP contribution in [0, 0.1) is 5.82 Å². The second-order valence-corrected chi connectivity index (χ2v) is 7.20. The lowest BCUT2D eigenvalue weighted by atomic mass is 10.1. The molecule has 6 nitrogen and oxygen atoms in total. The van der Waals surface area contributed by atoms with Gasteiger partial charge >= 0.3 is 5.97 Å². The first-order valence-corrected chi connectivity index (χ1v) is 9.53. The zero-order valence-electron chi connectivity index (χ0n) is 15.8. The highest BCUT2D eigenvalue weighted by molar-refractivity contribution is 8.18. The lowest BCUT2D eigenvalue weighted by Crippen LogP contribution is -2.42. The van der Waals surface area contributed by atoms with Gasteiger partial charge in [0.05, 0.1) is 12.0 Å². The predicted octanol–water partition coefficient (Wildman–Crippen LogP) is 4.00. The molecule has 2 aromatic rings. The predicted molar refractivity (Wildman–Crippen MR) is 106 cm³/mol. The highest BCUT2D eigenvalue weighted by Gasteiger charge is 2.41. The maximum Gasteiger partial charge on any atom is 0.328 e. The lowest BCUT2D eigenvalue weighted by molar-refractivity contribution is -0.148. The summed E-state index contributed by atoms with van der Waals surface area (Å²) in [5, 5.41) is -0.538. The molecule has 0 aliphatic carbocycles.